The number of anilines is 1. The summed E-state index contributed by atoms with van der Waals surface area (Å²) in [7, 11) is -3.87. The van der Waals surface area contributed by atoms with E-state index < -0.39 is 21.2 Å². The molecule has 2 heterocycles. The molecule has 2 bridgehead atoms. The van der Waals surface area contributed by atoms with E-state index >= 15 is 0 Å². The summed E-state index contributed by atoms with van der Waals surface area (Å²) in [5, 5.41) is -0.00768. The van der Waals surface area contributed by atoms with Gasteiger partial charge in [0.15, 0.2) is 0 Å². The molecule has 214 valence electrons. The number of halogens is 1. The number of amides is 1. The minimum absolute atomic E-state index is 0.159. The van der Waals surface area contributed by atoms with Gasteiger partial charge >= 0.3 is 0 Å². The molecule has 1 N–H and O–H groups in total. The van der Waals surface area contributed by atoms with Gasteiger partial charge in [-0.2, -0.15) is 0 Å². The van der Waals surface area contributed by atoms with E-state index in [1.165, 1.54) is 5.56 Å². The van der Waals surface area contributed by atoms with Crippen LogP contribution in [0.15, 0.2) is 60.7 Å². The van der Waals surface area contributed by atoms with E-state index in [1.807, 2.05) is 31.2 Å². The van der Waals surface area contributed by atoms with Gasteiger partial charge in [0.1, 0.15) is 12.4 Å². The quantitative estimate of drug-likeness (QED) is 0.375. The van der Waals surface area contributed by atoms with Crippen molar-refractivity contribution in [3.8, 4) is 5.75 Å². The summed E-state index contributed by atoms with van der Waals surface area (Å²) in [6, 6.07) is 11.2. The number of allylic oxidation sites excluding steroid dienone is 3. The number of fused-ring (bicyclic) bond motifs is 3. The summed E-state index contributed by atoms with van der Waals surface area (Å²) >= 11 is 6.30. The van der Waals surface area contributed by atoms with Crippen molar-refractivity contribution < 1.29 is 17.9 Å². The zero-order valence-electron chi connectivity index (χ0n) is 23.4. The summed E-state index contributed by atoms with van der Waals surface area (Å²) in [5.74, 6) is 0.747. The summed E-state index contributed by atoms with van der Waals surface area (Å²) < 4.78 is 35.0. The van der Waals surface area contributed by atoms with Gasteiger partial charge in [0.05, 0.1) is 10.9 Å². The van der Waals surface area contributed by atoms with E-state index in [-0.39, 0.29) is 5.92 Å². The molecular formula is C32H39ClN2O4S. The number of nitrogens with one attached hydrogen (secondary N) is 1. The first kappa shape index (κ1) is 28.7. The topological polar surface area (TPSA) is 75.7 Å². The first-order chi connectivity index (χ1) is 19.1. The minimum atomic E-state index is -3.87. The van der Waals surface area contributed by atoms with Gasteiger partial charge in [-0.1, -0.05) is 48.9 Å². The highest BCUT2D eigenvalue weighted by Gasteiger charge is 2.35. The summed E-state index contributed by atoms with van der Waals surface area (Å²) in [5.41, 5.74) is 4.52. The van der Waals surface area contributed by atoms with Gasteiger partial charge in [-0.25, -0.2) is 13.1 Å². The van der Waals surface area contributed by atoms with Crippen LogP contribution in [0.1, 0.15) is 67.4 Å². The number of nitrogens with zero attached hydrogens (tertiary/aromatic N) is 1. The third-order valence-corrected chi connectivity index (χ3v) is 11.1. The van der Waals surface area contributed by atoms with Crippen LogP contribution in [0, 0.1) is 17.8 Å². The van der Waals surface area contributed by atoms with Crippen molar-refractivity contribution in [2.24, 2.45) is 17.8 Å². The second-order valence-electron chi connectivity index (χ2n) is 11.6. The maximum absolute atomic E-state index is 13.3. The SMILES string of the molecule is C=C1/C=C/C[C@H](C)[C@@H](C)S(=O)(=O)NC(=O)c2ccc3c(c2)N(CCCCc2cc(Cl)ccc2CO3)C[C@@H]2CC[C@@H]12. The molecule has 1 amide bonds. The summed E-state index contributed by atoms with van der Waals surface area (Å²) in [4.78, 5) is 15.6. The van der Waals surface area contributed by atoms with Crippen LogP contribution in [0.2, 0.25) is 5.02 Å². The number of hydrogen-bond donors (Lipinski definition) is 1. The average Bonchev–Trinajstić information content (AvgIpc) is 2.92. The van der Waals surface area contributed by atoms with Gasteiger partial charge in [0, 0.05) is 23.7 Å². The van der Waals surface area contributed by atoms with Crippen LogP contribution in [0.4, 0.5) is 5.69 Å². The molecular weight excluding hydrogens is 544 g/mol. The number of carbonyl (C=O) groups is 1. The Labute approximate surface area is 243 Å². The van der Waals surface area contributed by atoms with E-state index in [9.17, 15) is 13.2 Å². The lowest BCUT2D eigenvalue weighted by Gasteiger charge is -2.41. The number of ether oxygens (including phenoxy) is 1. The molecule has 6 nitrogen and oxygen atoms in total. The molecule has 0 spiro atoms. The van der Waals surface area contributed by atoms with Crippen LogP contribution in [0.3, 0.4) is 0 Å². The van der Waals surface area contributed by atoms with Crippen LogP contribution in [-0.4, -0.2) is 32.7 Å². The molecule has 0 aromatic heterocycles. The van der Waals surface area contributed by atoms with Gasteiger partial charge in [-0.3, -0.25) is 4.79 Å². The lowest BCUT2D eigenvalue weighted by atomic mass is 9.69. The highest BCUT2D eigenvalue weighted by Crippen LogP contribution is 2.42. The van der Waals surface area contributed by atoms with Crippen molar-refractivity contribution in [2.45, 2.75) is 64.2 Å². The predicted molar refractivity (Wildman–Crippen MR) is 161 cm³/mol. The zero-order chi connectivity index (χ0) is 28.4. The Morgan fingerprint density at radius 3 is 2.67 bits per heavy atom. The summed E-state index contributed by atoms with van der Waals surface area (Å²) in [6.45, 7) is 9.94. The van der Waals surface area contributed by atoms with Crippen LogP contribution >= 0.6 is 11.6 Å². The normalized spacial score (nSPS) is 28.0. The molecule has 2 aromatic carbocycles. The third kappa shape index (κ3) is 6.26. The molecule has 3 aliphatic rings. The molecule has 8 heteroatoms. The number of benzene rings is 2. The standard InChI is InChI=1S/C32H39ClN2O4S/c1-21-7-6-8-22(2)29-14-11-26(29)19-35-16-5-4-9-24-17-28(33)13-10-27(24)20-39-31-15-12-25(18-30(31)35)32(36)34-40(37,38)23(21)3/h6,8,10,12-13,15,17-18,21,23,26,29H,2,4-5,7,9,11,14,16,19-20H2,1,3H3,(H,34,36)/b8-6+/t21-,23+,26-,29-/m0/s1. The molecule has 0 saturated heterocycles. The maximum atomic E-state index is 13.3. The van der Waals surface area contributed by atoms with Crippen molar-refractivity contribution in [3.63, 3.8) is 0 Å². The fourth-order valence-corrected chi connectivity index (χ4v) is 7.45. The first-order valence-corrected chi connectivity index (χ1v) is 16.2. The number of rotatable bonds is 0. The molecule has 1 saturated carbocycles. The highest BCUT2D eigenvalue weighted by molar-refractivity contribution is 7.90. The molecule has 2 aliphatic heterocycles. The lowest BCUT2D eigenvalue weighted by molar-refractivity contribution is 0.0981. The molecule has 4 atom stereocenters. The molecule has 0 radical (unpaired) electrons. The Kier molecular flexibility index (Phi) is 8.62. The number of carbonyl (C=O) groups excluding carboxylic acids is 1. The second-order valence-corrected chi connectivity index (χ2v) is 14.1. The van der Waals surface area contributed by atoms with Crippen LogP contribution in [-0.2, 0) is 23.1 Å². The Morgan fingerprint density at radius 2 is 1.90 bits per heavy atom. The van der Waals surface area contributed by atoms with Crippen molar-refractivity contribution >= 4 is 33.2 Å². The van der Waals surface area contributed by atoms with Crippen molar-refractivity contribution in [1.82, 2.24) is 4.72 Å². The Morgan fingerprint density at radius 1 is 1.07 bits per heavy atom. The largest absolute Gasteiger partial charge is 0.487 e. The van der Waals surface area contributed by atoms with Gasteiger partial charge in [0.2, 0.25) is 10.0 Å². The van der Waals surface area contributed by atoms with Crippen LogP contribution in [0.25, 0.3) is 0 Å². The first-order valence-electron chi connectivity index (χ1n) is 14.3. The van der Waals surface area contributed by atoms with Gasteiger partial charge in [-0.05, 0) is 105 Å². The smallest absolute Gasteiger partial charge is 0.264 e. The number of hydrogen-bond acceptors (Lipinski definition) is 5. The molecule has 5 rings (SSSR count). The van der Waals surface area contributed by atoms with Crippen molar-refractivity contribution in [2.75, 3.05) is 18.0 Å². The third-order valence-electron chi connectivity index (χ3n) is 8.95. The molecule has 0 unspecified atom stereocenters. The highest BCUT2D eigenvalue weighted by atomic mass is 35.5. The molecule has 1 fully saturated rings. The van der Waals surface area contributed by atoms with Gasteiger partial charge < -0.3 is 9.64 Å². The molecule has 2 aromatic rings. The maximum Gasteiger partial charge on any atom is 0.264 e. The Hall–Kier alpha value is -2.77. The number of sulfonamides is 1. The van der Waals surface area contributed by atoms with Gasteiger partial charge in [-0.15, -0.1) is 0 Å². The monoisotopic (exact) mass is 582 g/mol. The lowest BCUT2D eigenvalue weighted by Crippen LogP contribution is -2.41. The van der Waals surface area contributed by atoms with Crippen LogP contribution in [0.5, 0.6) is 5.75 Å². The predicted octanol–water partition coefficient (Wildman–Crippen LogP) is 6.69. The summed E-state index contributed by atoms with van der Waals surface area (Å²) in [6.07, 6.45) is 9.81. The zero-order valence-corrected chi connectivity index (χ0v) is 24.9. The van der Waals surface area contributed by atoms with E-state index in [4.69, 9.17) is 16.3 Å². The van der Waals surface area contributed by atoms with Gasteiger partial charge in [0.25, 0.3) is 5.91 Å². The van der Waals surface area contributed by atoms with E-state index in [1.54, 1.807) is 25.1 Å². The Bertz CT molecular complexity index is 1420. The van der Waals surface area contributed by atoms with E-state index in [0.29, 0.717) is 36.2 Å². The van der Waals surface area contributed by atoms with E-state index in [0.717, 1.165) is 67.0 Å². The van der Waals surface area contributed by atoms with Crippen molar-refractivity contribution in [3.05, 3.63) is 82.4 Å². The molecule has 1 aliphatic carbocycles. The number of aryl methyl sites for hydroxylation is 1. The second kappa shape index (κ2) is 12.0. The van der Waals surface area contributed by atoms with Crippen molar-refractivity contribution in [1.29, 1.82) is 0 Å². The van der Waals surface area contributed by atoms with Crippen LogP contribution < -0.4 is 14.4 Å². The average molecular weight is 583 g/mol. The minimum Gasteiger partial charge on any atom is -0.487 e. The fourth-order valence-electron chi connectivity index (χ4n) is 5.97. The Balaban J connectivity index is 1.54. The van der Waals surface area contributed by atoms with E-state index in [2.05, 4.69) is 22.3 Å². The fraction of sp³-hybridized carbons (Fsp3) is 0.469. The molecule has 40 heavy (non-hydrogen) atoms.